The van der Waals surface area contributed by atoms with Crippen molar-refractivity contribution in [2.45, 2.75) is 19.9 Å². The Morgan fingerprint density at radius 3 is 2.46 bits per heavy atom. The van der Waals surface area contributed by atoms with Gasteiger partial charge in [-0.2, -0.15) is 0 Å². The number of aromatic nitrogens is 4. The molecule has 28 heavy (non-hydrogen) atoms. The number of hydrogen-bond donors (Lipinski definition) is 2. The highest BCUT2D eigenvalue weighted by Crippen LogP contribution is 2.33. The summed E-state index contributed by atoms with van der Waals surface area (Å²) in [6.07, 6.45) is 4.40. The number of halogens is 2. The molecule has 0 unspecified atom stereocenters. The first-order valence-corrected chi connectivity index (χ1v) is 9.36. The van der Waals surface area contributed by atoms with E-state index in [0.29, 0.717) is 21.6 Å². The molecule has 0 fully saturated rings. The Balaban J connectivity index is 0.00000225. The van der Waals surface area contributed by atoms with E-state index in [1.165, 1.54) is 0 Å². The lowest BCUT2D eigenvalue weighted by Gasteiger charge is -2.10. The van der Waals surface area contributed by atoms with E-state index in [1.807, 2.05) is 30.3 Å². The van der Waals surface area contributed by atoms with Crippen LogP contribution in [0.15, 0.2) is 48.8 Å². The first-order valence-electron chi connectivity index (χ1n) is 8.61. The maximum absolute atomic E-state index is 6.53. The smallest absolute Gasteiger partial charge is 0.142 e. The van der Waals surface area contributed by atoms with E-state index in [2.05, 4.69) is 21.5 Å². The van der Waals surface area contributed by atoms with E-state index in [0.717, 1.165) is 41.0 Å². The molecule has 4 aromatic rings. The minimum absolute atomic E-state index is 0. The van der Waals surface area contributed by atoms with Crippen LogP contribution in [0.1, 0.15) is 13.3 Å². The van der Waals surface area contributed by atoms with Gasteiger partial charge in [-0.05, 0) is 36.8 Å². The van der Waals surface area contributed by atoms with Gasteiger partial charge in [-0.25, -0.2) is 9.97 Å². The Morgan fingerprint density at radius 2 is 1.79 bits per heavy atom. The predicted molar refractivity (Wildman–Crippen MR) is 116 cm³/mol. The fourth-order valence-corrected chi connectivity index (χ4v) is 3.67. The van der Waals surface area contributed by atoms with Crippen molar-refractivity contribution in [3.63, 3.8) is 0 Å². The molecule has 0 aliphatic rings. The molecule has 0 radical (unpaired) electrons. The van der Waals surface area contributed by atoms with Crippen LogP contribution in [0.2, 0.25) is 10.0 Å². The molecule has 0 aliphatic heterocycles. The van der Waals surface area contributed by atoms with E-state index < -0.39 is 0 Å². The second-order valence-corrected chi connectivity index (χ2v) is 7.04. The maximum atomic E-state index is 6.53. The summed E-state index contributed by atoms with van der Waals surface area (Å²) in [6, 6.07) is 11.2. The van der Waals surface area contributed by atoms with Crippen LogP contribution in [-0.4, -0.2) is 19.5 Å². The Labute approximate surface area is 172 Å². The van der Waals surface area contributed by atoms with Gasteiger partial charge in [0.1, 0.15) is 11.6 Å². The zero-order valence-corrected chi connectivity index (χ0v) is 16.9. The number of nitrogens with two attached hydrogens (primary N) is 1. The normalized spacial score (nSPS) is 10.8. The number of nitrogen functional groups attached to an aromatic ring is 1. The molecule has 3 heterocycles. The van der Waals surface area contributed by atoms with Crippen molar-refractivity contribution in [2.75, 3.05) is 5.73 Å². The van der Waals surface area contributed by atoms with E-state index in [9.17, 15) is 0 Å². The lowest BCUT2D eigenvalue weighted by molar-refractivity contribution is 0.704. The third kappa shape index (κ3) is 3.54. The lowest BCUT2D eigenvalue weighted by atomic mass is 10.1. The largest absolute Gasteiger partial charge is 0.384 e. The average Bonchev–Trinajstić information content (AvgIpc) is 3.03. The highest BCUT2D eigenvalue weighted by atomic mass is 35.5. The molecule has 0 saturated heterocycles. The predicted octanol–water partition coefficient (Wildman–Crippen LogP) is 5.62. The van der Waals surface area contributed by atoms with E-state index in [4.69, 9.17) is 33.9 Å². The highest BCUT2D eigenvalue weighted by Gasteiger charge is 2.16. The fraction of sp³-hybridized carbons (Fsp3) is 0.150. The van der Waals surface area contributed by atoms with Gasteiger partial charge in [-0.15, -0.1) is 0 Å². The second-order valence-electron chi connectivity index (χ2n) is 6.22. The van der Waals surface area contributed by atoms with Crippen molar-refractivity contribution in [3.05, 3.63) is 58.8 Å². The number of benzene rings is 1. The number of imidazole rings is 1. The van der Waals surface area contributed by atoms with Crippen molar-refractivity contribution in [1.82, 2.24) is 25.7 Å². The zero-order chi connectivity index (χ0) is 19.0. The van der Waals surface area contributed by atoms with Gasteiger partial charge in [0.2, 0.25) is 0 Å². The third-order valence-electron chi connectivity index (χ3n) is 4.32. The number of hydrogen-bond acceptors (Lipinski definition) is 5. The summed E-state index contributed by atoms with van der Waals surface area (Å²) in [4.78, 5) is 13.4. The molecule has 5 N–H and O–H groups in total. The molecule has 0 spiro atoms. The fourth-order valence-electron chi connectivity index (χ4n) is 3.12. The maximum Gasteiger partial charge on any atom is 0.142 e. The molecular weight excluding hydrogens is 395 g/mol. The van der Waals surface area contributed by atoms with Crippen molar-refractivity contribution in [2.24, 2.45) is 0 Å². The van der Waals surface area contributed by atoms with Gasteiger partial charge in [0, 0.05) is 30.1 Å². The summed E-state index contributed by atoms with van der Waals surface area (Å²) >= 11 is 13.0. The second kappa shape index (κ2) is 8.14. The number of fused-ring (bicyclic) bond motifs is 1. The SMILES string of the molecule is CCCn1c(-c2cnc(-c3ccc(N)nc3)c(Cl)c2)nc2cccc(Cl)c21.N. The topological polar surface area (TPSA) is 105 Å². The van der Waals surface area contributed by atoms with Gasteiger partial charge in [0.05, 0.1) is 26.8 Å². The first kappa shape index (κ1) is 20.1. The van der Waals surface area contributed by atoms with Crippen LogP contribution in [0.3, 0.4) is 0 Å². The van der Waals surface area contributed by atoms with E-state index in [-0.39, 0.29) is 6.15 Å². The summed E-state index contributed by atoms with van der Waals surface area (Å²) < 4.78 is 2.12. The van der Waals surface area contributed by atoms with E-state index in [1.54, 1.807) is 18.5 Å². The minimum Gasteiger partial charge on any atom is -0.384 e. The first-order chi connectivity index (χ1) is 13.1. The van der Waals surface area contributed by atoms with Crippen molar-refractivity contribution in [1.29, 1.82) is 0 Å². The zero-order valence-electron chi connectivity index (χ0n) is 15.4. The number of anilines is 1. The van der Waals surface area contributed by atoms with Crippen molar-refractivity contribution < 1.29 is 0 Å². The molecule has 3 aromatic heterocycles. The number of aryl methyl sites for hydroxylation is 1. The van der Waals surface area contributed by atoms with Gasteiger partial charge in [0.25, 0.3) is 0 Å². The molecule has 1 aromatic carbocycles. The Bertz CT molecular complexity index is 1120. The Hall–Kier alpha value is -2.67. The van der Waals surface area contributed by atoms with Gasteiger partial charge >= 0.3 is 0 Å². The molecule has 6 nitrogen and oxygen atoms in total. The quantitative estimate of drug-likeness (QED) is 0.450. The molecule has 4 rings (SSSR count). The monoisotopic (exact) mass is 414 g/mol. The Morgan fingerprint density at radius 1 is 1.00 bits per heavy atom. The third-order valence-corrected chi connectivity index (χ3v) is 4.92. The number of pyridine rings is 2. The van der Waals surface area contributed by atoms with Gasteiger partial charge in [-0.3, -0.25) is 4.98 Å². The molecule has 8 heteroatoms. The van der Waals surface area contributed by atoms with Gasteiger partial charge in [0.15, 0.2) is 0 Å². The van der Waals surface area contributed by atoms with Gasteiger partial charge in [-0.1, -0.05) is 36.2 Å². The number of para-hydroxylation sites is 1. The van der Waals surface area contributed by atoms with Crippen LogP contribution in [-0.2, 0) is 6.54 Å². The molecule has 0 amide bonds. The highest BCUT2D eigenvalue weighted by molar-refractivity contribution is 6.35. The van der Waals surface area contributed by atoms with Crippen molar-refractivity contribution in [3.8, 4) is 22.6 Å². The molecule has 0 bridgehead atoms. The standard InChI is InChI=1S/C20H17Cl2N5.H3N/c1-2-8-27-19-14(21)4-3-5-16(19)26-20(27)13-9-15(22)18(25-11-13)12-6-7-17(23)24-10-12;/h3-7,9-11H,2,8H2,1H3,(H2,23,24);1H3. The molecule has 0 saturated carbocycles. The number of rotatable bonds is 4. The van der Waals surface area contributed by atoms with Crippen LogP contribution in [0.5, 0.6) is 0 Å². The van der Waals surface area contributed by atoms with Crippen LogP contribution >= 0.6 is 23.2 Å². The molecular formula is C20H20Cl2N6. The molecule has 0 atom stereocenters. The summed E-state index contributed by atoms with van der Waals surface area (Å²) in [7, 11) is 0. The van der Waals surface area contributed by atoms with E-state index >= 15 is 0 Å². The molecule has 0 aliphatic carbocycles. The summed E-state index contributed by atoms with van der Waals surface area (Å²) in [6.45, 7) is 2.92. The van der Waals surface area contributed by atoms with Crippen LogP contribution < -0.4 is 11.9 Å². The summed E-state index contributed by atoms with van der Waals surface area (Å²) in [5.74, 6) is 1.26. The van der Waals surface area contributed by atoms with Crippen molar-refractivity contribution >= 4 is 40.1 Å². The van der Waals surface area contributed by atoms with Gasteiger partial charge < -0.3 is 16.5 Å². The minimum atomic E-state index is 0. The molecule has 144 valence electrons. The van der Waals surface area contributed by atoms with Crippen LogP contribution in [0, 0.1) is 0 Å². The average molecular weight is 415 g/mol. The number of nitrogens with zero attached hydrogens (tertiary/aromatic N) is 4. The Kier molecular flexibility index (Phi) is 5.84. The van der Waals surface area contributed by atoms with Crippen LogP contribution in [0.25, 0.3) is 33.7 Å². The summed E-state index contributed by atoms with van der Waals surface area (Å²) in [5, 5.41) is 1.21. The lowest BCUT2D eigenvalue weighted by Crippen LogP contribution is -2.01. The van der Waals surface area contributed by atoms with Crippen LogP contribution in [0.4, 0.5) is 5.82 Å². The summed E-state index contributed by atoms with van der Waals surface area (Å²) in [5.41, 5.74) is 9.74.